The summed E-state index contributed by atoms with van der Waals surface area (Å²) in [7, 11) is 1.76. The van der Waals surface area contributed by atoms with E-state index in [-0.39, 0.29) is 0 Å². The van der Waals surface area contributed by atoms with Crippen molar-refractivity contribution >= 4 is 0 Å². The lowest BCUT2D eigenvalue weighted by molar-refractivity contribution is 0.251. The van der Waals surface area contributed by atoms with Crippen LogP contribution >= 0.6 is 0 Å². The first-order chi connectivity index (χ1) is 10.0. The van der Waals surface area contributed by atoms with Gasteiger partial charge in [-0.2, -0.15) is 0 Å². The second-order valence-corrected chi connectivity index (χ2v) is 7.31. The number of hydrogen-bond acceptors (Lipinski definition) is 3. The summed E-state index contributed by atoms with van der Waals surface area (Å²) in [5, 5.41) is 3.74. The van der Waals surface area contributed by atoms with Gasteiger partial charge >= 0.3 is 0 Å². The van der Waals surface area contributed by atoms with Crippen LogP contribution in [-0.4, -0.2) is 24.7 Å². The normalized spacial score (nSPS) is 21.1. The van der Waals surface area contributed by atoms with Crippen molar-refractivity contribution in [2.75, 3.05) is 13.7 Å². The maximum absolute atomic E-state index is 5.56. The maximum atomic E-state index is 5.56. The average Bonchev–Trinajstić information content (AvgIpc) is 3.32. The third-order valence-corrected chi connectivity index (χ3v) is 5.26. The van der Waals surface area contributed by atoms with Crippen molar-refractivity contribution < 1.29 is 4.74 Å². The molecule has 116 valence electrons. The molecule has 2 aliphatic rings. The largest absolute Gasteiger partial charge is 0.496 e. The van der Waals surface area contributed by atoms with E-state index in [1.165, 1.54) is 36.9 Å². The minimum Gasteiger partial charge on any atom is -0.496 e. The molecule has 2 fully saturated rings. The maximum Gasteiger partial charge on any atom is 0.128 e. The van der Waals surface area contributed by atoms with Crippen molar-refractivity contribution in [3.05, 3.63) is 23.0 Å². The Kier molecular flexibility index (Phi) is 3.96. The fourth-order valence-electron chi connectivity index (χ4n) is 3.43. The zero-order valence-electron chi connectivity index (χ0n) is 13.8. The average molecular weight is 288 g/mol. The summed E-state index contributed by atoms with van der Waals surface area (Å²) >= 11 is 0. The quantitative estimate of drug-likeness (QED) is 0.835. The molecule has 0 amide bonds. The molecule has 0 saturated heterocycles. The predicted molar refractivity (Wildman–Crippen MR) is 85.8 cm³/mol. The molecule has 21 heavy (non-hydrogen) atoms. The molecule has 0 radical (unpaired) electrons. The molecule has 1 unspecified atom stereocenters. The molecule has 3 rings (SSSR count). The lowest BCUT2D eigenvalue weighted by Gasteiger charge is -2.31. The van der Waals surface area contributed by atoms with E-state index in [0.717, 1.165) is 36.2 Å². The molecule has 0 aliphatic heterocycles. The highest BCUT2D eigenvalue weighted by Gasteiger charge is 2.42. The van der Waals surface area contributed by atoms with Gasteiger partial charge in [-0.05, 0) is 57.3 Å². The molecule has 0 aromatic carbocycles. The highest BCUT2D eigenvalue weighted by atomic mass is 16.5. The number of aryl methyl sites for hydroxylation is 1. The Labute approximate surface area is 128 Å². The molecule has 3 nitrogen and oxygen atoms in total. The second-order valence-electron chi connectivity index (χ2n) is 7.31. The Morgan fingerprint density at radius 3 is 2.57 bits per heavy atom. The van der Waals surface area contributed by atoms with E-state index in [0.29, 0.717) is 5.41 Å². The van der Waals surface area contributed by atoms with Gasteiger partial charge in [0.15, 0.2) is 0 Å². The summed E-state index contributed by atoms with van der Waals surface area (Å²) in [6, 6.07) is 0.782. The van der Waals surface area contributed by atoms with Gasteiger partial charge in [-0.3, -0.25) is 4.98 Å². The SMILES string of the molecule is COc1c(C)cnc(CC(C)(CNC2CC2)C2CC2)c1C. The zero-order chi connectivity index (χ0) is 15.0. The number of rotatable bonds is 7. The van der Waals surface area contributed by atoms with E-state index >= 15 is 0 Å². The first-order valence-electron chi connectivity index (χ1n) is 8.26. The van der Waals surface area contributed by atoms with Crippen molar-refractivity contribution in [2.24, 2.45) is 11.3 Å². The monoisotopic (exact) mass is 288 g/mol. The Bertz CT molecular complexity index is 520. The van der Waals surface area contributed by atoms with Crippen LogP contribution in [0.4, 0.5) is 0 Å². The summed E-state index contributed by atoms with van der Waals surface area (Å²) in [5.74, 6) is 1.87. The summed E-state index contributed by atoms with van der Waals surface area (Å²) in [5.41, 5.74) is 3.89. The molecule has 0 spiro atoms. The van der Waals surface area contributed by atoms with Gasteiger partial charge < -0.3 is 10.1 Å². The lowest BCUT2D eigenvalue weighted by atomic mass is 9.79. The van der Waals surface area contributed by atoms with Crippen molar-refractivity contribution in [3.8, 4) is 5.75 Å². The van der Waals surface area contributed by atoms with Crippen molar-refractivity contribution in [1.82, 2.24) is 10.3 Å². The zero-order valence-corrected chi connectivity index (χ0v) is 13.8. The van der Waals surface area contributed by atoms with Crippen LogP contribution in [0.15, 0.2) is 6.20 Å². The summed E-state index contributed by atoms with van der Waals surface area (Å²) in [6.07, 6.45) is 8.49. The fourth-order valence-corrected chi connectivity index (χ4v) is 3.43. The predicted octanol–water partition coefficient (Wildman–Crippen LogP) is 3.42. The molecule has 2 aliphatic carbocycles. The topological polar surface area (TPSA) is 34.1 Å². The van der Waals surface area contributed by atoms with Gasteiger partial charge in [0.25, 0.3) is 0 Å². The van der Waals surface area contributed by atoms with Gasteiger partial charge in [-0.1, -0.05) is 6.92 Å². The van der Waals surface area contributed by atoms with E-state index in [1.807, 2.05) is 6.20 Å². The molecular formula is C18H28N2O. The number of methoxy groups -OCH3 is 1. The van der Waals surface area contributed by atoms with Gasteiger partial charge in [0.05, 0.1) is 7.11 Å². The van der Waals surface area contributed by atoms with Crippen LogP contribution in [0, 0.1) is 25.2 Å². The number of nitrogens with one attached hydrogen (secondary N) is 1. The first kappa shape index (κ1) is 14.8. The van der Waals surface area contributed by atoms with Crippen LogP contribution in [0.2, 0.25) is 0 Å². The third-order valence-electron chi connectivity index (χ3n) is 5.26. The molecule has 2 saturated carbocycles. The van der Waals surface area contributed by atoms with Gasteiger partial charge in [0.1, 0.15) is 5.75 Å². The summed E-state index contributed by atoms with van der Waals surface area (Å²) in [4.78, 5) is 4.72. The molecular weight excluding hydrogens is 260 g/mol. The van der Waals surface area contributed by atoms with Crippen LogP contribution in [0.3, 0.4) is 0 Å². The molecule has 1 heterocycles. The minimum atomic E-state index is 0.334. The Hall–Kier alpha value is -1.09. The lowest BCUT2D eigenvalue weighted by Crippen LogP contribution is -2.37. The van der Waals surface area contributed by atoms with Gasteiger partial charge in [0.2, 0.25) is 0 Å². The third kappa shape index (κ3) is 3.23. The Balaban J connectivity index is 1.78. The fraction of sp³-hybridized carbons (Fsp3) is 0.722. The van der Waals surface area contributed by atoms with Crippen molar-refractivity contribution in [1.29, 1.82) is 0 Å². The molecule has 1 N–H and O–H groups in total. The van der Waals surface area contributed by atoms with Crippen molar-refractivity contribution in [2.45, 2.75) is 58.9 Å². The van der Waals surface area contributed by atoms with Crippen LogP contribution in [0.5, 0.6) is 5.75 Å². The van der Waals surface area contributed by atoms with Crippen molar-refractivity contribution in [3.63, 3.8) is 0 Å². The highest BCUT2D eigenvalue weighted by molar-refractivity contribution is 5.41. The van der Waals surface area contributed by atoms with E-state index in [9.17, 15) is 0 Å². The van der Waals surface area contributed by atoms with E-state index in [2.05, 4.69) is 26.1 Å². The van der Waals surface area contributed by atoms with E-state index < -0.39 is 0 Å². The smallest absolute Gasteiger partial charge is 0.128 e. The van der Waals surface area contributed by atoms with Gasteiger partial charge in [-0.15, -0.1) is 0 Å². The molecule has 0 bridgehead atoms. The molecule has 1 aromatic rings. The number of ether oxygens (including phenoxy) is 1. The number of aromatic nitrogens is 1. The van der Waals surface area contributed by atoms with E-state index in [1.54, 1.807) is 7.11 Å². The summed E-state index contributed by atoms with van der Waals surface area (Å²) < 4.78 is 5.56. The summed E-state index contributed by atoms with van der Waals surface area (Å²) in [6.45, 7) is 7.78. The Morgan fingerprint density at radius 1 is 1.29 bits per heavy atom. The highest BCUT2D eigenvalue weighted by Crippen LogP contribution is 2.47. The molecule has 1 atom stereocenters. The van der Waals surface area contributed by atoms with Crippen LogP contribution in [-0.2, 0) is 6.42 Å². The number of hydrogen-bond donors (Lipinski definition) is 1. The second kappa shape index (κ2) is 5.60. The van der Waals surface area contributed by atoms with Crippen LogP contribution < -0.4 is 10.1 Å². The van der Waals surface area contributed by atoms with Gasteiger partial charge in [-0.25, -0.2) is 0 Å². The number of nitrogens with zero attached hydrogens (tertiary/aromatic N) is 1. The van der Waals surface area contributed by atoms with Crippen LogP contribution in [0.25, 0.3) is 0 Å². The standard InChI is InChI=1S/C18H28N2O/c1-12-10-19-16(13(2)17(12)21-4)9-18(3,14-5-6-14)11-20-15-7-8-15/h10,14-15,20H,5-9,11H2,1-4H3. The first-order valence-corrected chi connectivity index (χ1v) is 8.26. The molecule has 1 aromatic heterocycles. The Morgan fingerprint density at radius 2 is 2.00 bits per heavy atom. The minimum absolute atomic E-state index is 0.334. The van der Waals surface area contributed by atoms with Crippen LogP contribution in [0.1, 0.15) is 49.4 Å². The van der Waals surface area contributed by atoms with E-state index in [4.69, 9.17) is 9.72 Å². The number of pyridine rings is 1. The van der Waals surface area contributed by atoms with Gasteiger partial charge in [0, 0.05) is 35.6 Å². The molecule has 3 heteroatoms.